The van der Waals surface area contributed by atoms with Crippen molar-refractivity contribution in [1.29, 1.82) is 0 Å². The van der Waals surface area contributed by atoms with E-state index in [1.807, 2.05) is 6.07 Å². The molecule has 0 bridgehead atoms. The first-order valence-corrected chi connectivity index (χ1v) is 7.06. The number of para-hydroxylation sites is 1. The third-order valence-electron chi connectivity index (χ3n) is 2.93. The van der Waals surface area contributed by atoms with Gasteiger partial charge in [-0.15, -0.1) is 0 Å². The summed E-state index contributed by atoms with van der Waals surface area (Å²) >= 11 is 0. The molecule has 6 heteroatoms. The van der Waals surface area contributed by atoms with Crippen LogP contribution in [0.4, 0.5) is 13.2 Å². The van der Waals surface area contributed by atoms with Crippen LogP contribution in [0.3, 0.4) is 0 Å². The Labute approximate surface area is 137 Å². The van der Waals surface area contributed by atoms with Crippen molar-refractivity contribution < 1.29 is 22.7 Å². The van der Waals surface area contributed by atoms with Crippen molar-refractivity contribution in [2.45, 2.75) is 6.18 Å². The van der Waals surface area contributed by atoms with E-state index in [2.05, 4.69) is 17.2 Å². The predicted molar refractivity (Wildman–Crippen MR) is 83.3 cm³/mol. The number of nitrogens with one attached hydrogen (secondary N) is 1. The topological polar surface area (TPSA) is 38.3 Å². The molecule has 0 aliphatic rings. The Balaban J connectivity index is 1.76. The second kappa shape index (κ2) is 8.06. The first kappa shape index (κ1) is 17.4. The van der Waals surface area contributed by atoms with Crippen molar-refractivity contribution in [3.05, 3.63) is 65.7 Å². The van der Waals surface area contributed by atoms with E-state index in [4.69, 9.17) is 4.74 Å². The van der Waals surface area contributed by atoms with Crippen molar-refractivity contribution in [1.82, 2.24) is 5.32 Å². The van der Waals surface area contributed by atoms with Crippen LogP contribution in [0.25, 0.3) is 0 Å². The zero-order chi connectivity index (χ0) is 17.4. The number of benzene rings is 2. The molecule has 0 aromatic heterocycles. The highest BCUT2D eigenvalue weighted by molar-refractivity contribution is 5.77. The second-order valence-corrected chi connectivity index (χ2v) is 4.76. The van der Waals surface area contributed by atoms with Gasteiger partial charge in [0.25, 0.3) is 5.91 Å². The lowest BCUT2D eigenvalue weighted by Crippen LogP contribution is -2.29. The maximum atomic E-state index is 12.4. The summed E-state index contributed by atoms with van der Waals surface area (Å²) < 4.78 is 42.5. The maximum absolute atomic E-state index is 12.4. The van der Waals surface area contributed by atoms with Crippen molar-refractivity contribution in [2.75, 3.05) is 13.2 Å². The Morgan fingerprint density at radius 1 is 1.04 bits per heavy atom. The monoisotopic (exact) mass is 333 g/mol. The van der Waals surface area contributed by atoms with Gasteiger partial charge in [0.2, 0.25) is 0 Å². The number of amides is 1. The van der Waals surface area contributed by atoms with Crippen LogP contribution in [0.15, 0.2) is 54.6 Å². The molecule has 124 valence electrons. The Bertz CT molecular complexity index is 729. The molecule has 3 nitrogen and oxygen atoms in total. The zero-order valence-electron chi connectivity index (χ0n) is 12.6. The van der Waals surface area contributed by atoms with Gasteiger partial charge in [-0.1, -0.05) is 30.0 Å². The first-order chi connectivity index (χ1) is 11.4. The highest BCUT2D eigenvalue weighted by Crippen LogP contribution is 2.28. The molecule has 2 aromatic rings. The number of carbonyl (C=O) groups is 1. The van der Waals surface area contributed by atoms with Crippen LogP contribution in [-0.2, 0) is 11.0 Å². The van der Waals surface area contributed by atoms with E-state index >= 15 is 0 Å². The lowest BCUT2D eigenvalue weighted by atomic mass is 10.1. The Hall–Kier alpha value is -2.94. The molecule has 2 aromatic carbocycles. The van der Waals surface area contributed by atoms with E-state index in [1.54, 1.807) is 24.3 Å². The maximum Gasteiger partial charge on any atom is 0.416 e. The molecule has 1 amide bonds. The summed E-state index contributed by atoms with van der Waals surface area (Å²) in [5.74, 6) is 5.60. The Morgan fingerprint density at radius 3 is 2.33 bits per heavy atom. The van der Waals surface area contributed by atoms with Crippen molar-refractivity contribution in [3.63, 3.8) is 0 Å². The predicted octanol–water partition coefficient (Wildman–Crippen LogP) is 3.25. The van der Waals surface area contributed by atoms with Gasteiger partial charge < -0.3 is 10.1 Å². The molecule has 0 fully saturated rings. The molecule has 0 saturated heterocycles. The molecule has 0 unspecified atom stereocenters. The van der Waals surface area contributed by atoms with Crippen molar-refractivity contribution in [3.8, 4) is 17.6 Å². The molecule has 0 saturated carbocycles. The average molecular weight is 333 g/mol. The average Bonchev–Trinajstić information content (AvgIpc) is 2.57. The summed E-state index contributed by atoms with van der Waals surface area (Å²) in [6, 6.07) is 13.4. The normalized spacial score (nSPS) is 10.5. The van der Waals surface area contributed by atoms with E-state index in [-0.39, 0.29) is 19.1 Å². The molecule has 1 N–H and O–H groups in total. The van der Waals surface area contributed by atoms with Crippen LogP contribution < -0.4 is 10.1 Å². The van der Waals surface area contributed by atoms with Gasteiger partial charge in [0, 0.05) is 5.56 Å². The van der Waals surface area contributed by atoms with Gasteiger partial charge in [0.1, 0.15) is 5.75 Å². The number of halogens is 3. The van der Waals surface area contributed by atoms with Gasteiger partial charge in [0.05, 0.1) is 12.1 Å². The number of rotatable bonds is 4. The highest BCUT2D eigenvalue weighted by atomic mass is 19.4. The molecule has 0 heterocycles. The fourth-order valence-corrected chi connectivity index (χ4v) is 1.75. The number of carbonyl (C=O) groups excluding carboxylic acids is 1. The van der Waals surface area contributed by atoms with E-state index in [0.717, 1.165) is 12.1 Å². The largest absolute Gasteiger partial charge is 0.484 e. The van der Waals surface area contributed by atoms with Crippen molar-refractivity contribution >= 4 is 5.91 Å². The van der Waals surface area contributed by atoms with Crippen LogP contribution in [0.2, 0.25) is 0 Å². The highest BCUT2D eigenvalue weighted by Gasteiger charge is 2.29. The minimum atomic E-state index is -4.36. The molecule has 0 radical (unpaired) electrons. The van der Waals surface area contributed by atoms with E-state index < -0.39 is 11.7 Å². The lowest BCUT2D eigenvalue weighted by Gasteiger charge is -2.05. The third kappa shape index (κ3) is 5.69. The van der Waals surface area contributed by atoms with Crippen LogP contribution in [0, 0.1) is 11.8 Å². The van der Waals surface area contributed by atoms with Gasteiger partial charge in [0.15, 0.2) is 6.61 Å². The van der Waals surface area contributed by atoms with E-state index in [1.165, 1.54) is 12.1 Å². The van der Waals surface area contributed by atoms with Gasteiger partial charge in [-0.2, -0.15) is 13.2 Å². The molecule has 0 spiro atoms. The fraction of sp³-hybridized carbons (Fsp3) is 0.167. The first-order valence-electron chi connectivity index (χ1n) is 7.06. The standard InChI is InChI=1S/C18H14F3NO2/c19-18(20,21)15-10-8-14(9-11-15)5-4-12-22-17(23)13-24-16-6-2-1-3-7-16/h1-3,6-11H,12-13H2,(H,22,23). The smallest absolute Gasteiger partial charge is 0.416 e. The molecule has 24 heavy (non-hydrogen) atoms. The summed E-state index contributed by atoms with van der Waals surface area (Å²) in [6.07, 6.45) is -4.36. The summed E-state index contributed by atoms with van der Waals surface area (Å²) in [4.78, 5) is 11.6. The summed E-state index contributed by atoms with van der Waals surface area (Å²) in [6.45, 7) is -0.0516. The van der Waals surface area contributed by atoms with Gasteiger partial charge in [-0.05, 0) is 36.4 Å². The Kier molecular flexibility index (Phi) is 5.85. The van der Waals surface area contributed by atoms with Crippen LogP contribution >= 0.6 is 0 Å². The second-order valence-electron chi connectivity index (χ2n) is 4.76. The number of ether oxygens (including phenoxy) is 1. The minimum Gasteiger partial charge on any atom is -0.484 e. The molecule has 2 rings (SSSR count). The van der Waals surface area contributed by atoms with Crippen molar-refractivity contribution in [2.24, 2.45) is 0 Å². The van der Waals surface area contributed by atoms with Gasteiger partial charge in [-0.3, -0.25) is 4.79 Å². The van der Waals surface area contributed by atoms with Crippen LogP contribution in [-0.4, -0.2) is 19.1 Å². The summed E-state index contributed by atoms with van der Waals surface area (Å²) in [5.41, 5.74) is -0.280. The van der Waals surface area contributed by atoms with E-state index in [9.17, 15) is 18.0 Å². The lowest BCUT2D eigenvalue weighted by molar-refractivity contribution is -0.137. The van der Waals surface area contributed by atoms with Gasteiger partial charge >= 0.3 is 6.18 Å². The molecule has 0 aliphatic heterocycles. The van der Waals surface area contributed by atoms with Gasteiger partial charge in [-0.25, -0.2) is 0 Å². The molecular formula is C18H14F3NO2. The van der Waals surface area contributed by atoms with Crippen LogP contribution in [0.5, 0.6) is 5.75 Å². The van der Waals surface area contributed by atoms with Crippen LogP contribution in [0.1, 0.15) is 11.1 Å². The number of hydrogen-bond donors (Lipinski definition) is 1. The summed E-state index contributed by atoms with van der Waals surface area (Å²) in [7, 11) is 0. The third-order valence-corrected chi connectivity index (χ3v) is 2.93. The quantitative estimate of drug-likeness (QED) is 0.873. The number of alkyl halides is 3. The fourth-order valence-electron chi connectivity index (χ4n) is 1.75. The van der Waals surface area contributed by atoms with E-state index in [0.29, 0.717) is 11.3 Å². The SMILES string of the molecule is O=C(COc1ccccc1)NCC#Cc1ccc(C(F)(F)F)cc1. The zero-order valence-corrected chi connectivity index (χ0v) is 12.6. The number of hydrogen-bond acceptors (Lipinski definition) is 2. The molecule has 0 aliphatic carbocycles. The Morgan fingerprint density at radius 2 is 1.71 bits per heavy atom. The summed E-state index contributed by atoms with van der Waals surface area (Å²) in [5, 5.41) is 2.54. The molecular weight excluding hydrogens is 319 g/mol. The minimum absolute atomic E-state index is 0.0814. The molecule has 0 atom stereocenters.